The number of carbonyl (C=O) groups is 1. The molecule has 5 heteroatoms. The van der Waals surface area contributed by atoms with Crippen LogP contribution in [0, 0.1) is 5.92 Å². The first kappa shape index (κ1) is 18.8. The molecule has 1 unspecified atom stereocenters. The van der Waals surface area contributed by atoms with E-state index in [0.29, 0.717) is 36.1 Å². The highest BCUT2D eigenvalue weighted by atomic mass is 16.5. The van der Waals surface area contributed by atoms with E-state index in [2.05, 4.69) is 19.2 Å². The van der Waals surface area contributed by atoms with Crippen LogP contribution in [0.4, 0.5) is 0 Å². The van der Waals surface area contributed by atoms with Crippen molar-refractivity contribution >= 4 is 5.91 Å². The Morgan fingerprint density at radius 1 is 1.12 bits per heavy atom. The van der Waals surface area contributed by atoms with Crippen LogP contribution in [-0.2, 0) is 0 Å². The van der Waals surface area contributed by atoms with Crippen molar-refractivity contribution in [2.45, 2.75) is 19.9 Å². The van der Waals surface area contributed by atoms with Crippen molar-refractivity contribution in [1.82, 2.24) is 5.32 Å². The summed E-state index contributed by atoms with van der Waals surface area (Å²) in [5.74, 6) is 1.39. The fourth-order valence-electron chi connectivity index (χ4n) is 2.31. The summed E-state index contributed by atoms with van der Waals surface area (Å²) in [6.45, 7) is 5.10. The SMILES string of the molecule is COc1cc(C(=O)NCC(N)c2ccccc2)ccc1OCC(C)C. The van der Waals surface area contributed by atoms with E-state index in [-0.39, 0.29) is 11.9 Å². The molecule has 0 radical (unpaired) electrons. The second-order valence-corrected chi connectivity index (χ2v) is 6.30. The summed E-state index contributed by atoms with van der Waals surface area (Å²) < 4.78 is 11.0. The topological polar surface area (TPSA) is 73.6 Å². The molecule has 1 atom stereocenters. The van der Waals surface area contributed by atoms with E-state index in [4.69, 9.17) is 15.2 Å². The molecular formula is C20H26N2O3. The van der Waals surface area contributed by atoms with Crippen molar-refractivity contribution in [2.24, 2.45) is 11.7 Å². The Morgan fingerprint density at radius 3 is 2.48 bits per heavy atom. The molecule has 0 fully saturated rings. The number of carbonyl (C=O) groups excluding carboxylic acids is 1. The number of benzene rings is 2. The molecule has 0 aliphatic heterocycles. The van der Waals surface area contributed by atoms with E-state index in [1.807, 2.05) is 30.3 Å². The molecule has 0 spiro atoms. The molecule has 0 saturated carbocycles. The summed E-state index contributed by atoms with van der Waals surface area (Å²) in [5, 5.41) is 2.86. The summed E-state index contributed by atoms with van der Waals surface area (Å²) >= 11 is 0. The van der Waals surface area contributed by atoms with Gasteiger partial charge in [0.15, 0.2) is 11.5 Å². The molecule has 25 heavy (non-hydrogen) atoms. The first-order valence-corrected chi connectivity index (χ1v) is 8.40. The zero-order chi connectivity index (χ0) is 18.2. The fraction of sp³-hybridized carbons (Fsp3) is 0.350. The van der Waals surface area contributed by atoms with Crippen molar-refractivity contribution in [3.05, 3.63) is 59.7 Å². The van der Waals surface area contributed by atoms with Gasteiger partial charge in [-0.25, -0.2) is 0 Å². The van der Waals surface area contributed by atoms with Crippen LogP contribution in [0.1, 0.15) is 35.8 Å². The summed E-state index contributed by atoms with van der Waals surface area (Å²) in [4.78, 5) is 12.4. The quantitative estimate of drug-likeness (QED) is 0.773. The predicted molar refractivity (Wildman–Crippen MR) is 99.0 cm³/mol. The van der Waals surface area contributed by atoms with Crippen molar-refractivity contribution in [3.8, 4) is 11.5 Å². The van der Waals surface area contributed by atoms with Gasteiger partial charge in [0, 0.05) is 18.2 Å². The molecule has 0 aromatic heterocycles. The molecule has 0 aliphatic carbocycles. The molecule has 3 N–H and O–H groups in total. The Bertz CT molecular complexity index is 687. The minimum atomic E-state index is -0.249. The number of methoxy groups -OCH3 is 1. The molecular weight excluding hydrogens is 316 g/mol. The molecule has 1 amide bonds. The first-order chi connectivity index (χ1) is 12.0. The summed E-state index contributed by atoms with van der Waals surface area (Å²) in [7, 11) is 1.56. The minimum absolute atomic E-state index is 0.194. The smallest absolute Gasteiger partial charge is 0.251 e. The normalized spacial score (nSPS) is 11.9. The molecule has 5 nitrogen and oxygen atoms in total. The maximum Gasteiger partial charge on any atom is 0.251 e. The Hall–Kier alpha value is -2.53. The summed E-state index contributed by atoms with van der Waals surface area (Å²) in [6.07, 6.45) is 0. The number of nitrogens with two attached hydrogens (primary N) is 1. The van der Waals surface area contributed by atoms with Gasteiger partial charge in [0.1, 0.15) is 0 Å². The van der Waals surface area contributed by atoms with Crippen LogP contribution in [0.5, 0.6) is 11.5 Å². The molecule has 134 valence electrons. The van der Waals surface area contributed by atoms with Gasteiger partial charge in [-0.2, -0.15) is 0 Å². The van der Waals surface area contributed by atoms with E-state index in [9.17, 15) is 4.79 Å². The first-order valence-electron chi connectivity index (χ1n) is 8.40. The van der Waals surface area contributed by atoms with Gasteiger partial charge in [-0.1, -0.05) is 44.2 Å². The molecule has 0 bridgehead atoms. The zero-order valence-corrected chi connectivity index (χ0v) is 15.0. The van der Waals surface area contributed by atoms with Crippen LogP contribution in [0.15, 0.2) is 48.5 Å². The lowest BCUT2D eigenvalue weighted by Crippen LogP contribution is -2.31. The van der Waals surface area contributed by atoms with Gasteiger partial charge in [-0.15, -0.1) is 0 Å². The van der Waals surface area contributed by atoms with Gasteiger partial charge < -0.3 is 20.5 Å². The average Bonchev–Trinajstić information content (AvgIpc) is 2.64. The van der Waals surface area contributed by atoms with Crippen LogP contribution in [0.25, 0.3) is 0 Å². The molecule has 2 aromatic carbocycles. The lowest BCUT2D eigenvalue weighted by atomic mass is 10.1. The number of hydrogen-bond donors (Lipinski definition) is 2. The third-order valence-electron chi connectivity index (χ3n) is 3.71. The van der Waals surface area contributed by atoms with Gasteiger partial charge >= 0.3 is 0 Å². The van der Waals surface area contributed by atoms with Crippen molar-refractivity contribution in [2.75, 3.05) is 20.3 Å². The molecule has 2 aromatic rings. The predicted octanol–water partition coefficient (Wildman–Crippen LogP) is 3.16. The largest absolute Gasteiger partial charge is 0.493 e. The minimum Gasteiger partial charge on any atom is -0.493 e. The molecule has 0 saturated heterocycles. The second-order valence-electron chi connectivity index (χ2n) is 6.30. The fourth-order valence-corrected chi connectivity index (χ4v) is 2.31. The number of rotatable bonds is 8. The van der Waals surface area contributed by atoms with E-state index in [1.54, 1.807) is 25.3 Å². The van der Waals surface area contributed by atoms with E-state index in [1.165, 1.54) is 0 Å². The summed E-state index contributed by atoms with van der Waals surface area (Å²) in [6, 6.07) is 14.6. The van der Waals surface area contributed by atoms with Crippen LogP contribution in [0.3, 0.4) is 0 Å². The molecule has 2 rings (SSSR count). The number of amides is 1. The van der Waals surface area contributed by atoms with Gasteiger partial charge in [0.05, 0.1) is 13.7 Å². The average molecular weight is 342 g/mol. The van der Waals surface area contributed by atoms with Crippen molar-refractivity contribution < 1.29 is 14.3 Å². The van der Waals surface area contributed by atoms with Crippen molar-refractivity contribution in [3.63, 3.8) is 0 Å². The van der Waals surface area contributed by atoms with Gasteiger partial charge in [0.25, 0.3) is 5.91 Å². The van der Waals surface area contributed by atoms with E-state index >= 15 is 0 Å². The van der Waals surface area contributed by atoms with Crippen LogP contribution in [-0.4, -0.2) is 26.2 Å². The van der Waals surface area contributed by atoms with Gasteiger partial charge in [0.2, 0.25) is 0 Å². The highest BCUT2D eigenvalue weighted by Crippen LogP contribution is 2.28. The van der Waals surface area contributed by atoms with Crippen molar-refractivity contribution in [1.29, 1.82) is 0 Å². The van der Waals surface area contributed by atoms with E-state index in [0.717, 1.165) is 5.56 Å². The highest BCUT2D eigenvalue weighted by Gasteiger charge is 2.13. The Balaban J connectivity index is 1.99. The third-order valence-corrected chi connectivity index (χ3v) is 3.71. The zero-order valence-electron chi connectivity index (χ0n) is 15.0. The third kappa shape index (κ3) is 5.50. The Labute approximate surface area is 149 Å². The second kappa shape index (κ2) is 9.08. The summed E-state index contributed by atoms with van der Waals surface area (Å²) in [5.41, 5.74) is 7.60. The Morgan fingerprint density at radius 2 is 1.84 bits per heavy atom. The lowest BCUT2D eigenvalue weighted by molar-refractivity contribution is 0.0950. The lowest BCUT2D eigenvalue weighted by Gasteiger charge is -2.15. The van der Waals surface area contributed by atoms with Gasteiger partial charge in [-0.05, 0) is 29.7 Å². The van der Waals surface area contributed by atoms with Crippen LogP contribution in [0.2, 0.25) is 0 Å². The van der Waals surface area contributed by atoms with E-state index < -0.39 is 0 Å². The van der Waals surface area contributed by atoms with Crippen LogP contribution < -0.4 is 20.5 Å². The standard InChI is InChI=1S/C20H26N2O3/c1-14(2)13-25-18-10-9-16(11-19(18)24-3)20(23)22-12-17(21)15-7-5-4-6-8-15/h4-11,14,17H,12-13,21H2,1-3H3,(H,22,23). The highest BCUT2D eigenvalue weighted by molar-refractivity contribution is 5.94. The molecule has 0 aliphatic rings. The monoisotopic (exact) mass is 342 g/mol. The van der Waals surface area contributed by atoms with Crippen LogP contribution >= 0.6 is 0 Å². The maximum atomic E-state index is 12.4. The number of nitrogens with one attached hydrogen (secondary N) is 1. The molecule has 0 heterocycles. The Kier molecular flexibility index (Phi) is 6.83. The number of ether oxygens (including phenoxy) is 2. The maximum absolute atomic E-state index is 12.4. The van der Waals surface area contributed by atoms with Gasteiger partial charge in [-0.3, -0.25) is 4.79 Å². The number of hydrogen-bond acceptors (Lipinski definition) is 4.